The molecule has 0 aliphatic rings. The standard InChI is InChI=1S/C4H9FOSi/c5-3-1-2-4-6-7/h2,4H,1,3H2,7H3. The van der Waals surface area contributed by atoms with Gasteiger partial charge in [0.1, 0.15) is 0 Å². The number of rotatable bonds is 3. The quantitative estimate of drug-likeness (QED) is 0.381. The maximum Gasteiger partial charge on any atom is 0.203 e. The third-order valence-electron chi connectivity index (χ3n) is 0.508. The molecule has 7 heavy (non-hydrogen) atoms. The molecular formula is C4H9FOSi. The van der Waals surface area contributed by atoms with Gasteiger partial charge in [0.15, 0.2) is 0 Å². The van der Waals surface area contributed by atoms with Gasteiger partial charge < -0.3 is 4.43 Å². The van der Waals surface area contributed by atoms with Crippen molar-refractivity contribution in [1.29, 1.82) is 0 Å². The lowest BCUT2D eigenvalue weighted by Gasteiger charge is -1.83. The molecule has 0 N–H and O–H groups in total. The number of alkyl halides is 1. The second-order valence-electron chi connectivity index (χ2n) is 1.09. The van der Waals surface area contributed by atoms with Crippen molar-refractivity contribution in [3.8, 4) is 0 Å². The van der Waals surface area contributed by atoms with Crippen molar-refractivity contribution in [1.82, 2.24) is 0 Å². The molecule has 0 aromatic carbocycles. The largest absolute Gasteiger partial charge is 0.559 e. The van der Waals surface area contributed by atoms with E-state index in [0.717, 1.165) is 0 Å². The highest BCUT2D eigenvalue weighted by atomic mass is 28.2. The van der Waals surface area contributed by atoms with Crippen LogP contribution in [0, 0.1) is 0 Å². The highest BCUT2D eigenvalue weighted by Crippen LogP contribution is 1.81. The molecular weight excluding hydrogens is 111 g/mol. The Morgan fingerprint density at radius 1 is 1.71 bits per heavy atom. The molecule has 3 heteroatoms. The molecule has 0 fully saturated rings. The van der Waals surface area contributed by atoms with Gasteiger partial charge in [-0.1, -0.05) is 0 Å². The lowest BCUT2D eigenvalue weighted by Crippen LogP contribution is -1.70. The summed E-state index contributed by atoms with van der Waals surface area (Å²) in [5, 5.41) is 0. The second kappa shape index (κ2) is 5.69. The van der Waals surface area contributed by atoms with E-state index in [9.17, 15) is 4.39 Å². The summed E-state index contributed by atoms with van der Waals surface area (Å²) in [4.78, 5) is 0. The predicted molar refractivity (Wildman–Crippen MR) is 30.8 cm³/mol. The highest BCUT2D eigenvalue weighted by molar-refractivity contribution is 5.98. The lowest BCUT2D eigenvalue weighted by molar-refractivity contribution is 0.490. The van der Waals surface area contributed by atoms with Crippen molar-refractivity contribution in [3.05, 3.63) is 12.3 Å². The van der Waals surface area contributed by atoms with Gasteiger partial charge in [0, 0.05) is 0 Å². The van der Waals surface area contributed by atoms with E-state index >= 15 is 0 Å². The number of hydrogen-bond acceptors (Lipinski definition) is 1. The van der Waals surface area contributed by atoms with Crippen LogP contribution in [0.5, 0.6) is 0 Å². The van der Waals surface area contributed by atoms with E-state index in [1.165, 1.54) is 6.26 Å². The van der Waals surface area contributed by atoms with Crippen molar-refractivity contribution in [2.45, 2.75) is 6.42 Å². The van der Waals surface area contributed by atoms with Crippen LogP contribution in [-0.2, 0) is 4.43 Å². The first-order chi connectivity index (χ1) is 3.41. The minimum Gasteiger partial charge on any atom is -0.559 e. The molecule has 0 bridgehead atoms. The average molecular weight is 120 g/mol. The monoisotopic (exact) mass is 120 g/mol. The van der Waals surface area contributed by atoms with Gasteiger partial charge in [-0.15, -0.1) is 0 Å². The number of allylic oxidation sites excluding steroid dienone is 1. The third-order valence-corrected chi connectivity index (χ3v) is 0.780. The smallest absolute Gasteiger partial charge is 0.203 e. The van der Waals surface area contributed by atoms with Crippen LogP contribution in [0.4, 0.5) is 4.39 Å². The summed E-state index contributed by atoms with van der Waals surface area (Å²) in [6, 6.07) is 0. The van der Waals surface area contributed by atoms with Gasteiger partial charge in [-0.2, -0.15) is 0 Å². The zero-order valence-corrected chi connectivity index (χ0v) is 6.36. The van der Waals surface area contributed by atoms with Crippen LogP contribution < -0.4 is 0 Å². The molecule has 0 unspecified atom stereocenters. The van der Waals surface area contributed by atoms with E-state index in [1.54, 1.807) is 6.08 Å². The summed E-state index contributed by atoms with van der Waals surface area (Å²) >= 11 is 0. The lowest BCUT2D eigenvalue weighted by atomic mass is 10.5. The van der Waals surface area contributed by atoms with Crippen LogP contribution in [0.3, 0.4) is 0 Å². The summed E-state index contributed by atoms with van der Waals surface area (Å²) in [6.07, 6.45) is 3.68. The van der Waals surface area contributed by atoms with Gasteiger partial charge in [0.25, 0.3) is 0 Å². The normalized spacial score (nSPS) is 10.4. The molecule has 0 aromatic heterocycles. The summed E-state index contributed by atoms with van der Waals surface area (Å²) in [6.45, 7) is -0.290. The van der Waals surface area contributed by atoms with Crippen molar-refractivity contribution in [2.75, 3.05) is 6.67 Å². The van der Waals surface area contributed by atoms with Gasteiger partial charge in [-0.3, -0.25) is 4.39 Å². The van der Waals surface area contributed by atoms with E-state index in [-0.39, 0.29) is 6.67 Å². The van der Waals surface area contributed by atoms with Gasteiger partial charge in [0.2, 0.25) is 10.5 Å². The Bertz CT molecular complexity index is 55.7. The summed E-state index contributed by atoms with van der Waals surface area (Å²) in [7, 11) is 0.697. The topological polar surface area (TPSA) is 9.23 Å². The SMILES string of the molecule is FCCC=CO[SiH3]. The molecule has 0 aliphatic carbocycles. The Kier molecular flexibility index (Phi) is 5.43. The molecule has 0 heterocycles. The highest BCUT2D eigenvalue weighted by Gasteiger charge is 1.71. The number of halogens is 1. The summed E-state index contributed by atoms with van der Waals surface area (Å²) < 4.78 is 15.9. The van der Waals surface area contributed by atoms with Gasteiger partial charge in [0.05, 0.1) is 12.9 Å². The molecule has 0 spiro atoms. The maximum absolute atomic E-state index is 11.2. The van der Waals surface area contributed by atoms with Crippen molar-refractivity contribution < 1.29 is 8.82 Å². The van der Waals surface area contributed by atoms with Crippen LogP contribution in [-0.4, -0.2) is 17.2 Å². The first kappa shape index (κ1) is 6.69. The molecule has 0 amide bonds. The van der Waals surface area contributed by atoms with Gasteiger partial charge in [-0.05, 0) is 12.5 Å². The average Bonchev–Trinajstić information content (AvgIpc) is 1.69. The zero-order valence-electron chi connectivity index (χ0n) is 4.36. The third kappa shape index (κ3) is 5.69. The molecule has 1 nitrogen and oxygen atoms in total. The molecule has 0 saturated carbocycles. The van der Waals surface area contributed by atoms with Gasteiger partial charge >= 0.3 is 0 Å². The first-order valence-electron chi connectivity index (χ1n) is 2.15. The van der Waals surface area contributed by atoms with Crippen LogP contribution >= 0.6 is 0 Å². The molecule has 0 aliphatic heterocycles. The second-order valence-corrected chi connectivity index (χ2v) is 1.56. The van der Waals surface area contributed by atoms with Crippen LogP contribution in [0.1, 0.15) is 6.42 Å². The number of hydrogen-bond donors (Lipinski definition) is 0. The Morgan fingerprint density at radius 3 is 2.86 bits per heavy atom. The van der Waals surface area contributed by atoms with Crippen molar-refractivity contribution >= 4 is 10.5 Å². The molecule has 0 radical (unpaired) electrons. The van der Waals surface area contributed by atoms with Crippen molar-refractivity contribution in [2.24, 2.45) is 0 Å². The Balaban J connectivity index is 2.78. The Hall–Kier alpha value is -0.313. The Morgan fingerprint density at radius 2 is 2.43 bits per heavy atom. The van der Waals surface area contributed by atoms with E-state index in [0.29, 0.717) is 16.9 Å². The molecule has 0 aromatic rings. The van der Waals surface area contributed by atoms with Crippen LogP contribution in [0.25, 0.3) is 0 Å². The molecule has 0 rings (SSSR count). The minimum atomic E-state index is -0.290. The first-order valence-corrected chi connectivity index (χ1v) is 2.97. The molecule has 42 valence electrons. The Labute approximate surface area is 45.7 Å². The molecule has 0 atom stereocenters. The fourth-order valence-electron chi connectivity index (χ4n) is 0.227. The fourth-order valence-corrected chi connectivity index (χ4v) is 0.420. The van der Waals surface area contributed by atoms with Crippen molar-refractivity contribution in [3.63, 3.8) is 0 Å². The van der Waals surface area contributed by atoms with E-state index in [2.05, 4.69) is 4.43 Å². The van der Waals surface area contributed by atoms with E-state index < -0.39 is 0 Å². The van der Waals surface area contributed by atoms with E-state index in [4.69, 9.17) is 0 Å². The predicted octanol–water partition coefficient (Wildman–Crippen LogP) is 0.157. The minimum absolute atomic E-state index is 0.290. The zero-order chi connectivity index (χ0) is 5.54. The fraction of sp³-hybridized carbons (Fsp3) is 0.500. The van der Waals surface area contributed by atoms with E-state index in [1.807, 2.05) is 0 Å². The maximum atomic E-state index is 11.2. The summed E-state index contributed by atoms with van der Waals surface area (Å²) in [5.74, 6) is 0. The van der Waals surface area contributed by atoms with Gasteiger partial charge in [-0.25, -0.2) is 0 Å². The van der Waals surface area contributed by atoms with Crippen LogP contribution in [0.2, 0.25) is 0 Å². The summed E-state index contributed by atoms with van der Waals surface area (Å²) in [5.41, 5.74) is 0. The molecule has 0 saturated heterocycles. The van der Waals surface area contributed by atoms with Crippen LogP contribution in [0.15, 0.2) is 12.3 Å².